The third-order valence-corrected chi connectivity index (χ3v) is 3.09. The van der Waals surface area contributed by atoms with Crippen molar-refractivity contribution in [3.05, 3.63) is 29.8 Å². The summed E-state index contributed by atoms with van der Waals surface area (Å²) >= 11 is 0. The van der Waals surface area contributed by atoms with Crippen LogP contribution >= 0.6 is 0 Å². The lowest BCUT2D eigenvalue weighted by atomic mass is 10.1. The van der Waals surface area contributed by atoms with Gasteiger partial charge in [-0.1, -0.05) is 18.2 Å². The van der Waals surface area contributed by atoms with E-state index >= 15 is 0 Å². The molecule has 2 rings (SSSR count). The highest BCUT2D eigenvalue weighted by Crippen LogP contribution is 2.27. The van der Waals surface area contributed by atoms with Gasteiger partial charge in [-0.3, -0.25) is 4.90 Å². The van der Waals surface area contributed by atoms with Crippen molar-refractivity contribution in [2.24, 2.45) is 0 Å². The maximum absolute atomic E-state index is 12.1. The topological polar surface area (TPSA) is 69.6 Å². The highest BCUT2D eigenvalue weighted by molar-refractivity contribution is 5.97. The molecule has 0 saturated heterocycles. The summed E-state index contributed by atoms with van der Waals surface area (Å²) in [6.45, 7) is 3.52. The molecule has 96 valence electrons. The van der Waals surface area contributed by atoms with Gasteiger partial charge in [0.15, 0.2) is 0 Å². The van der Waals surface area contributed by atoms with Crippen molar-refractivity contribution in [3.63, 3.8) is 0 Å². The molecular weight excluding hydrogens is 232 g/mol. The standard InChI is InChI=1S/C13H16N2O3/c1-13(2,11(16)17)14-12(18)15-8-7-9-5-3-4-6-10(9)15/h3-6H,7-8H2,1-2H3,(H,14,18)(H,16,17). The van der Waals surface area contributed by atoms with Gasteiger partial charge in [0.25, 0.3) is 0 Å². The number of fused-ring (bicyclic) bond motifs is 1. The van der Waals surface area contributed by atoms with Crippen LogP contribution in [0, 0.1) is 0 Å². The summed E-state index contributed by atoms with van der Waals surface area (Å²) in [7, 11) is 0. The van der Waals surface area contributed by atoms with E-state index < -0.39 is 11.5 Å². The Morgan fingerprint density at radius 1 is 1.33 bits per heavy atom. The molecule has 1 aliphatic rings. The van der Waals surface area contributed by atoms with Crippen molar-refractivity contribution in [2.75, 3.05) is 11.4 Å². The number of nitrogens with zero attached hydrogens (tertiary/aromatic N) is 1. The van der Waals surface area contributed by atoms with Crippen LogP contribution in [-0.2, 0) is 11.2 Å². The van der Waals surface area contributed by atoms with E-state index in [-0.39, 0.29) is 6.03 Å². The fourth-order valence-corrected chi connectivity index (χ4v) is 1.94. The summed E-state index contributed by atoms with van der Waals surface area (Å²) in [5, 5.41) is 11.5. The van der Waals surface area contributed by atoms with Crippen LogP contribution < -0.4 is 10.2 Å². The molecule has 18 heavy (non-hydrogen) atoms. The molecular formula is C13H16N2O3. The number of para-hydroxylation sites is 1. The van der Waals surface area contributed by atoms with Crippen molar-refractivity contribution < 1.29 is 14.7 Å². The fourth-order valence-electron chi connectivity index (χ4n) is 1.94. The number of hydrogen-bond acceptors (Lipinski definition) is 2. The SMILES string of the molecule is CC(C)(NC(=O)N1CCc2ccccc21)C(=O)O. The average molecular weight is 248 g/mol. The normalized spacial score (nSPS) is 14.2. The third-order valence-electron chi connectivity index (χ3n) is 3.09. The first kappa shape index (κ1) is 12.4. The first-order chi connectivity index (χ1) is 8.42. The number of benzene rings is 1. The zero-order valence-corrected chi connectivity index (χ0v) is 10.4. The molecule has 1 aromatic carbocycles. The van der Waals surface area contributed by atoms with E-state index in [9.17, 15) is 9.59 Å². The van der Waals surface area contributed by atoms with Gasteiger partial charge in [-0.2, -0.15) is 0 Å². The van der Waals surface area contributed by atoms with Crippen LogP contribution in [0.3, 0.4) is 0 Å². The molecule has 2 N–H and O–H groups in total. The first-order valence-corrected chi connectivity index (χ1v) is 5.83. The van der Waals surface area contributed by atoms with E-state index in [0.717, 1.165) is 17.7 Å². The van der Waals surface area contributed by atoms with Crippen molar-refractivity contribution in [1.29, 1.82) is 0 Å². The predicted molar refractivity (Wildman–Crippen MR) is 67.7 cm³/mol. The Hall–Kier alpha value is -2.04. The number of hydrogen-bond donors (Lipinski definition) is 2. The van der Waals surface area contributed by atoms with Gasteiger partial charge in [0, 0.05) is 12.2 Å². The van der Waals surface area contributed by atoms with Crippen LogP contribution in [0.5, 0.6) is 0 Å². The van der Waals surface area contributed by atoms with E-state index in [4.69, 9.17) is 5.11 Å². The lowest BCUT2D eigenvalue weighted by Crippen LogP contribution is -2.54. The highest BCUT2D eigenvalue weighted by atomic mass is 16.4. The van der Waals surface area contributed by atoms with Crippen LogP contribution in [0.4, 0.5) is 10.5 Å². The predicted octanol–water partition coefficient (Wildman–Crippen LogP) is 1.62. The molecule has 2 amide bonds. The quantitative estimate of drug-likeness (QED) is 0.835. The minimum Gasteiger partial charge on any atom is -0.480 e. The van der Waals surface area contributed by atoms with Gasteiger partial charge in [-0.25, -0.2) is 9.59 Å². The lowest BCUT2D eigenvalue weighted by molar-refractivity contribution is -0.142. The number of nitrogens with one attached hydrogen (secondary N) is 1. The van der Waals surface area contributed by atoms with Crippen molar-refractivity contribution in [3.8, 4) is 0 Å². The van der Waals surface area contributed by atoms with Crippen LogP contribution in [-0.4, -0.2) is 29.2 Å². The monoisotopic (exact) mass is 248 g/mol. The second-order valence-corrected chi connectivity index (χ2v) is 4.89. The van der Waals surface area contributed by atoms with Gasteiger partial charge in [-0.15, -0.1) is 0 Å². The number of carbonyl (C=O) groups is 2. The lowest BCUT2D eigenvalue weighted by Gasteiger charge is -2.25. The maximum Gasteiger partial charge on any atom is 0.328 e. The minimum absolute atomic E-state index is 0.368. The minimum atomic E-state index is -1.27. The molecule has 0 aliphatic carbocycles. The highest BCUT2D eigenvalue weighted by Gasteiger charge is 2.33. The Morgan fingerprint density at radius 2 is 2.00 bits per heavy atom. The number of amides is 2. The first-order valence-electron chi connectivity index (χ1n) is 5.83. The molecule has 1 heterocycles. The number of rotatable bonds is 2. The molecule has 1 aromatic rings. The van der Waals surface area contributed by atoms with E-state index in [2.05, 4.69) is 5.32 Å². The molecule has 0 radical (unpaired) electrons. The zero-order valence-electron chi connectivity index (χ0n) is 10.4. The molecule has 0 spiro atoms. The van der Waals surface area contributed by atoms with Crippen LogP contribution in [0.2, 0.25) is 0 Å². The second kappa shape index (κ2) is 4.33. The van der Waals surface area contributed by atoms with E-state index in [1.807, 2.05) is 24.3 Å². The number of carboxylic acids is 1. The molecule has 0 atom stereocenters. The summed E-state index contributed by atoms with van der Waals surface area (Å²) < 4.78 is 0. The summed E-state index contributed by atoms with van der Waals surface area (Å²) in [5.41, 5.74) is 0.700. The van der Waals surface area contributed by atoms with Crippen molar-refractivity contribution >= 4 is 17.7 Å². The van der Waals surface area contributed by atoms with Crippen molar-refractivity contribution in [1.82, 2.24) is 5.32 Å². The van der Waals surface area contributed by atoms with Gasteiger partial charge >= 0.3 is 12.0 Å². The number of carboxylic acid groups (broad SMARTS) is 1. The Labute approximate surface area is 105 Å². The number of anilines is 1. The van der Waals surface area contributed by atoms with Crippen LogP contribution in [0.1, 0.15) is 19.4 Å². The molecule has 0 bridgehead atoms. The molecule has 0 fully saturated rings. The molecule has 5 nitrogen and oxygen atoms in total. The van der Waals surface area contributed by atoms with Crippen LogP contribution in [0.25, 0.3) is 0 Å². The largest absolute Gasteiger partial charge is 0.480 e. The Bertz CT molecular complexity index is 497. The number of urea groups is 1. The van der Waals surface area contributed by atoms with Crippen LogP contribution in [0.15, 0.2) is 24.3 Å². The summed E-state index contributed by atoms with van der Waals surface area (Å²) in [5.74, 6) is -1.05. The Morgan fingerprint density at radius 3 is 2.67 bits per heavy atom. The molecule has 0 saturated carbocycles. The number of aliphatic carboxylic acids is 1. The summed E-state index contributed by atoms with van der Waals surface area (Å²) in [6, 6.07) is 7.28. The van der Waals surface area contributed by atoms with Gasteiger partial charge in [0.1, 0.15) is 5.54 Å². The van der Waals surface area contributed by atoms with Crippen molar-refractivity contribution in [2.45, 2.75) is 25.8 Å². The summed E-state index contributed by atoms with van der Waals surface area (Å²) in [6.07, 6.45) is 0.803. The molecule has 5 heteroatoms. The average Bonchev–Trinajstić information content (AvgIpc) is 2.71. The summed E-state index contributed by atoms with van der Waals surface area (Å²) in [4.78, 5) is 24.6. The zero-order chi connectivity index (χ0) is 13.3. The van der Waals surface area contributed by atoms with Gasteiger partial charge in [0.2, 0.25) is 0 Å². The van der Waals surface area contributed by atoms with E-state index in [1.165, 1.54) is 13.8 Å². The van der Waals surface area contributed by atoms with Gasteiger partial charge in [-0.05, 0) is 31.9 Å². The second-order valence-electron chi connectivity index (χ2n) is 4.89. The molecule has 1 aliphatic heterocycles. The molecule has 0 unspecified atom stereocenters. The molecule has 0 aromatic heterocycles. The number of carbonyl (C=O) groups excluding carboxylic acids is 1. The fraction of sp³-hybridized carbons (Fsp3) is 0.385. The van der Waals surface area contributed by atoms with E-state index in [0.29, 0.717) is 6.54 Å². The Kier molecular flexibility index (Phi) is 2.98. The Balaban J connectivity index is 2.15. The smallest absolute Gasteiger partial charge is 0.328 e. The maximum atomic E-state index is 12.1. The third kappa shape index (κ3) is 2.16. The van der Waals surface area contributed by atoms with Gasteiger partial charge in [0.05, 0.1) is 0 Å². The van der Waals surface area contributed by atoms with E-state index in [1.54, 1.807) is 4.90 Å². The van der Waals surface area contributed by atoms with Gasteiger partial charge < -0.3 is 10.4 Å².